The third kappa shape index (κ3) is 7.43. The number of piperidine rings is 1. The van der Waals surface area contributed by atoms with Gasteiger partial charge >= 0.3 is 0 Å². The average molecular weight is 348 g/mol. The number of nitrogens with zero attached hydrogens (tertiary/aromatic N) is 1. The number of pyridine rings is 1. The number of aromatic nitrogens is 1. The average Bonchev–Trinajstić information content (AvgIpc) is 2.49. The van der Waals surface area contributed by atoms with E-state index < -0.39 is 0 Å². The summed E-state index contributed by atoms with van der Waals surface area (Å²) in [5, 5.41) is 6.39. The Morgan fingerprint density at radius 3 is 2.77 bits per heavy atom. The van der Waals surface area contributed by atoms with E-state index in [1.807, 2.05) is 18.3 Å². The summed E-state index contributed by atoms with van der Waals surface area (Å²) in [6.07, 6.45) is 7.51. The van der Waals surface area contributed by atoms with E-state index in [1.54, 1.807) is 6.20 Å². The lowest BCUT2D eigenvalue weighted by Crippen LogP contribution is -2.34. The number of carbonyl (C=O) groups excluding carboxylic acids is 1. The van der Waals surface area contributed by atoms with Crippen LogP contribution in [0.2, 0.25) is 0 Å². The number of halogens is 2. The normalized spacial score (nSPS) is 16.0. The standard InChI is InChI=1S/C16H25N3O.2ClH/c1-13(15-5-8-17-9-6-15)11-16(20)19-10-4-14-3-2-7-18-12-14;;/h2-3,7,12-13,15,17H,4-6,8-11H2,1H3,(H,19,20);2*1H. The van der Waals surface area contributed by atoms with E-state index >= 15 is 0 Å². The van der Waals surface area contributed by atoms with Crippen LogP contribution in [0, 0.1) is 11.8 Å². The highest BCUT2D eigenvalue weighted by atomic mass is 35.5. The fraction of sp³-hybridized carbons (Fsp3) is 0.625. The Morgan fingerprint density at radius 2 is 2.14 bits per heavy atom. The molecular formula is C16H27Cl2N3O. The van der Waals surface area contributed by atoms with Gasteiger partial charge in [0.05, 0.1) is 0 Å². The highest BCUT2D eigenvalue weighted by Crippen LogP contribution is 2.23. The lowest BCUT2D eigenvalue weighted by atomic mass is 9.84. The maximum absolute atomic E-state index is 11.9. The molecule has 126 valence electrons. The first-order chi connectivity index (χ1) is 9.75. The van der Waals surface area contributed by atoms with Crippen molar-refractivity contribution in [2.45, 2.75) is 32.6 Å². The van der Waals surface area contributed by atoms with Crippen molar-refractivity contribution in [2.24, 2.45) is 11.8 Å². The molecule has 0 spiro atoms. The minimum Gasteiger partial charge on any atom is -0.356 e. The molecule has 1 saturated heterocycles. The van der Waals surface area contributed by atoms with Crippen LogP contribution in [0.4, 0.5) is 0 Å². The monoisotopic (exact) mass is 347 g/mol. The zero-order valence-electron chi connectivity index (χ0n) is 13.1. The van der Waals surface area contributed by atoms with Gasteiger partial charge in [0.1, 0.15) is 0 Å². The Kier molecular flexibility index (Phi) is 11.2. The maximum Gasteiger partial charge on any atom is 0.220 e. The Balaban J connectivity index is 0.00000220. The predicted molar refractivity (Wildman–Crippen MR) is 94.8 cm³/mol. The van der Waals surface area contributed by atoms with Gasteiger partial charge < -0.3 is 10.6 Å². The quantitative estimate of drug-likeness (QED) is 0.831. The number of amides is 1. The lowest BCUT2D eigenvalue weighted by molar-refractivity contribution is -0.122. The molecule has 1 amide bonds. The van der Waals surface area contributed by atoms with Gasteiger partial charge in [-0.2, -0.15) is 0 Å². The predicted octanol–water partition coefficient (Wildman–Crippen LogP) is 2.61. The molecular weight excluding hydrogens is 321 g/mol. The molecule has 1 unspecified atom stereocenters. The molecule has 0 aromatic carbocycles. The van der Waals surface area contributed by atoms with Crippen molar-refractivity contribution in [3.8, 4) is 0 Å². The summed E-state index contributed by atoms with van der Waals surface area (Å²) in [4.78, 5) is 16.0. The molecule has 2 rings (SSSR count). The van der Waals surface area contributed by atoms with Crippen LogP contribution >= 0.6 is 24.8 Å². The van der Waals surface area contributed by atoms with Crippen LogP contribution in [0.3, 0.4) is 0 Å². The van der Waals surface area contributed by atoms with Crippen LogP contribution in [-0.2, 0) is 11.2 Å². The molecule has 2 N–H and O–H groups in total. The smallest absolute Gasteiger partial charge is 0.220 e. The molecule has 6 heteroatoms. The molecule has 0 aliphatic carbocycles. The van der Waals surface area contributed by atoms with Crippen molar-refractivity contribution in [1.29, 1.82) is 0 Å². The van der Waals surface area contributed by atoms with E-state index in [0.717, 1.165) is 19.5 Å². The van der Waals surface area contributed by atoms with Gasteiger partial charge in [-0.3, -0.25) is 9.78 Å². The highest BCUT2D eigenvalue weighted by Gasteiger charge is 2.21. The van der Waals surface area contributed by atoms with Crippen molar-refractivity contribution in [3.63, 3.8) is 0 Å². The maximum atomic E-state index is 11.9. The second-order valence-electron chi connectivity index (χ2n) is 5.73. The van der Waals surface area contributed by atoms with Gasteiger partial charge in [-0.05, 0) is 55.8 Å². The molecule has 1 aromatic rings. The summed E-state index contributed by atoms with van der Waals surface area (Å²) in [6.45, 7) is 5.09. The van der Waals surface area contributed by atoms with Crippen LogP contribution in [0.25, 0.3) is 0 Å². The fourth-order valence-electron chi connectivity index (χ4n) is 2.84. The van der Waals surface area contributed by atoms with Gasteiger partial charge in [-0.25, -0.2) is 0 Å². The zero-order valence-corrected chi connectivity index (χ0v) is 14.7. The first kappa shape index (κ1) is 21.2. The summed E-state index contributed by atoms with van der Waals surface area (Å²) < 4.78 is 0. The third-order valence-electron chi connectivity index (χ3n) is 4.15. The van der Waals surface area contributed by atoms with Crippen molar-refractivity contribution in [2.75, 3.05) is 19.6 Å². The molecule has 22 heavy (non-hydrogen) atoms. The van der Waals surface area contributed by atoms with Crippen molar-refractivity contribution >= 4 is 30.7 Å². The van der Waals surface area contributed by atoms with Crippen molar-refractivity contribution in [3.05, 3.63) is 30.1 Å². The van der Waals surface area contributed by atoms with Crippen LogP contribution in [0.5, 0.6) is 0 Å². The molecule has 1 fully saturated rings. The van der Waals surface area contributed by atoms with Crippen molar-refractivity contribution in [1.82, 2.24) is 15.6 Å². The summed E-state index contributed by atoms with van der Waals surface area (Å²) >= 11 is 0. The molecule has 1 aromatic heterocycles. The summed E-state index contributed by atoms with van der Waals surface area (Å²) in [5.41, 5.74) is 1.17. The van der Waals surface area contributed by atoms with Crippen LogP contribution in [0.15, 0.2) is 24.5 Å². The van der Waals surface area contributed by atoms with Crippen LogP contribution < -0.4 is 10.6 Å². The zero-order chi connectivity index (χ0) is 14.2. The minimum atomic E-state index is 0. The Morgan fingerprint density at radius 1 is 1.41 bits per heavy atom. The first-order valence-corrected chi connectivity index (χ1v) is 7.62. The number of hydrogen-bond acceptors (Lipinski definition) is 3. The first-order valence-electron chi connectivity index (χ1n) is 7.62. The van der Waals surface area contributed by atoms with Crippen LogP contribution in [0.1, 0.15) is 31.7 Å². The Labute approximate surface area is 145 Å². The van der Waals surface area contributed by atoms with E-state index in [1.165, 1.54) is 18.4 Å². The molecule has 1 atom stereocenters. The highest BCUT2D eigenvalue weighted by molar-refractivity contribution is 5.85. The van der Waals surface area contributed by atoms with Gasteiger partial charge in [-0.1, -0.05) is 13.0 Å². The second-order valence-corrected chi connectivity index (χ2v) is 5.73. The molecule has 1 aliphatic heterocycles. The lowest BCUT2D eigenvalue weighted by Gasteiger charge is -2.27. The van der Waals surface area contributed by atoms with Crippen molar-refractivity contribution < 1.29 is 4.79 Å². The number of rotatable bonds is 6. The topological polar surface area (TPSA) is 54.0 Å². The Bertz CT molecular complexity index is 411. The van der Waals surface area contributed by atoms with Gasteiger partial charge in [0.25, 0.3) is 0 Å². The van der Waals surface area contributed by atoms with E-state index in [9.17, 15) is 4.79 Å². The van der Waals surface area contributed by atoms with E-state index in [-0.39, 0.29) is 30.7 Å². The van der Waals surface area contributed by atoms with Gasteiger partial charge in [-0.15, -0.1) is 24.8 Å². The molecule has 0 radical (unpaired) electrons. The third-order valence-corrected chi connectivity index (χ3v) is 4.15. The minimum absolute atomic E-state index is 0. The van der Waals surface area contributed by atoms with Gasteiger partial charge in [0.2, 0.25) is 5.91 Å². The number of carbonyl (C=O) groups is 1. The van der Waals surface area contributed by atoms with Crippen LogP contribution in [-0.4, -0.2) is 30.5 Å². The summed E-state index contributed by atoms with van der Waals surface area (Å²) in [6, 6.07) is 3.97. The Hall–Kier alpha value is -0.840. The largest absolute Gasteiger partial charge is 0.356 e. The molecule has 0 bridgehead atoms. The molecule has 2 heterocycles. The van der Waals surface area contributed by atoms with E-state index in [4.69, 9.17) is 0 Å². The van der Waals surface area contributed by atoms with Gasteiger partial charge in [0, 0.05) is 25.4 Å². The second kappa shape index (κ2) is 11.7. The number of nitrogens with one attached hydrogen (secondary N) is 2. The SMILES string of the molecule is CC(CC(=O)NCCc1cccnc1)C1CCNCC1.Cl.Cl. The van der Waals surface area contributed by atoms with Gasteiger partial charge in [0.15, 0.2) is 0 Å². The summed E-state index contributed by atoms with van der Waals surface area (Å²) in [5.74, 6) is 1.36. The van der Waals surface area contributed by atoms with E-state index in [2.05, 4.69) is 22.5 Å². The summed E-state index contributed by atoms with van der Waals surface area (Å²) in [7, 11) is 0. The number of hydrogen-bond donors (Lipinski definition) is 2. The fourth-order valence-corrected chi connectivity index (χ4v) is 2.84. The molecule has 0 saturated carbocycles. The van der Waals surface area contributed by atoms with E-state index in [0.29, 0.717) is 24.8 Å². The molecule has 1 aliphatic rings. The molecule has 4 nitrogen and oxygen atoms in total.